The minimum atomic E-state index is -0.374. The third kappa shape index (κ3) is 3.47. The molecule has 3 heterocycles. The van der Waals surface area contributed by atoms with E-state index in [0.29, 0.717) is 29.5 Å². The van der Waals surface area contributed by atoms with E-state index in [1.54, 1.807) is 19.3 Å². The third-order valence-electron chi connectivity index (χ3n) is 3.81. The number of carbonyl (C=O) groups is 1. The zero-order valence-corrected chi connectivity index (χ0v) is 13.2. The molecule has 3 rings (SSSR count). The topological polar surface area (TPSA) is 68.2 Å². The average Bonchev–Trinajstić information content (AvgIpc) is 2.63. The molecular weight excluding hydrogens is 292 g/mol. The molecule has 0 N–H and O–H groups in total. The summed E-state index contributed by atoms with van der Waals surface area (Å²) in [5.74, 6) is 0.804. The molecular formula is C17H20N4O2. The number of esters is 1. The van der Waals surface area contributed by atoms with E-state index in [9.17, 15) is 4.79 Å². The van der Waals surface area contributed by atoms with Crippen molar-refractivity contribution in [3.8, 4) is 11.5 Å². The van der Waals surface area contributed by atoms with Gasteiger partial charge in [-0.1, -0.05) is 6.07 Å². The number of ether oxygens (including phenoxy) is 1. The molecule has 6 heteroatoms. The van der Waals surface area contributed by atoms with E-state index in [1.807, 2.05) is 18.2 Å². The van der Waals surface area contributed by atoms with E-state index >= 15 is 0 Å². The van der Waals surface area contributed by atoms with Gasteiger partial charge in [-0.05, 0) is 38.3 Å². The maximum Gasteiger partial charge on any atom is 0.343 e. The molecule has 1 aliphatic rings. The molecule has 0 saturated carbocycles. The Morgan fingerprint density at radius 2 is 2.04 bits per heavy atom. The Labute approximate surface area is 135 Å². The number of piperidine rings is 1. The van der Waals surface area contributed by atoms with Gasteiger partial charge in [0, 0.05) is 25.5 Å². The summed E-state index contributed by atoms with van der Waals surface area (Å²) in [7, 11) is 0. The molecule has 0 aromatic carbocycles. The van der Waals surface area contributed by atoms with Gasteiger partial charge in [0.1, 0.15) is 17.1 Å². The third-order valence-corrected chi connectivity index (χ3v) is 3.81. The molecule has 0 bridgehead atoms. The maximum absolute atomic E-state index is 12.2. The van der Waals surface area contributed by atoms with Gasteiger partial charge in [0.2, 0.25) is 0 Å². The summed E-state index contributed by atoms with van der Waals surface area (Å²) < 4.78 is 5.14. The van der Waals surface area contributed by atoms with E-state index in [1.165, 1.54) is 6.42 Å². The van der Waals surface area contributed by atoms with Crippen LogP contribution in [-0.2, 0) is 4.74 Å². The molecule has 23 heavy (non-hydrogen) atoms. The lowest BCUT2D eigenvalue weighted by atomic mass is 10.1. The van der Waals surface area contributed by atoms with Gasteiger partial charge in [-0.25, -0.2) is 14.8 Å². The maximum atomic E-state index is 12.2. The summed E-state index contributed by atoms with van der Waals surface area (Å²) in [5.41, 5.74) is 1.12. The molecule has 1 fully saturated rings. The summed E-state index contributed by atoms with van der Waals surface area (Å²) in [5, 5.41) is 0. The monoisotopic (exact) mass is 312 g/mol. The van der Waals surface area contributed by atoms with Crippen LogP contribution >= 0.6 is 0 Å². The second-order valence-corrected chi connectivity index (χ2v) is 5.41. The van der Waals surface area contributed by atoms with Gasteiger partial charge in [0.15, 0.2) is 5.82 Å². The molecule has 0 unspecified atom stereocenters. The molecule has 6 nitrogen and oxygen atoms in total. The Kier molecular flexibility index (Phi) is 4.80. The number of aromatic nitrogens is 3. The van der Waals surface area contributed by atoms with E-state index in [2.05, 4.69) is 19.9 Å². The van der Waals surface area contributed by atoms with Gasteiger partial charge in [0.25, 0.3) is 0 Å². The highest BCUT2D eigenvalue weighted by Crippen LogP contribution is 2.25. The van der Waals surface area contributed by atoms with Gasteiger partial charge in [-0.2, -0.15) is 0 Å². The number of carbonyl (C=O) groups excluding carboxylic acids is 1. The smallest absolute Gasteiger partial charge is 0.343 e. The second kappa shape index (κ2) is 7.17. The van der Waals surface area contributed by atoms with Crippen molar-refractivity contribution in [3.05, 3.63) is 36.2 Å². The van der Waals surface area contributed by atoms with Crippen LogP contribution in [0.2, 0.25) is 0 Å². The SMILES string of the molecule is CCOC(=O)c1cnc(-c2ccccn2)nc1N1CCCCC1. The van der Waals surface area contributed by atoms with Crippen molar-refractivity contribution in [2.24, 2.45) is 0 Å². The van der Waals surface area contributed by atoms with Crippen LogP contribution in [0.5, 0.6) is 0 Å². The number of anilines is 1. The molecule has 120 valence electrons. The summed E-state index contributed by atoms with van der Waals surface area (Å²) in [6.45, 7) is 3.91. The first kappa shape index (κ1) is 15.4. The summed E-state index contributed by atoms with van der Waals surface area (Å²) in [6, 6.07) is 5.60. The van der Waals surface area contributed by atoms with Crippen molar-refractivity contribution in [1.29, 1.82) is 0 Å². The zero-order valence-electron chi connectivity index (χ0n) is 13.2. The Morgan fingerprint density at radius 3 is 2.74 bits per heavy atom. The van der Waals surface area contributed by atoms with Crippen LogP contribution in [0.4, 0.5) is 5.82 Å². The van der Waals surface area contributed by atoms with Crippen molar-refractivity contribution < 1.29 is 9.53 Å². The van der Waals surface area contributed by atoms with E-state index in [-0.39, 0.29) is 5.97 Å². The quantitative estimate of drug-likeness (QED) is 0.809. The average molecular weight is 312 g/mol. The van der Waals surface area contributed by atoms with Gasteiger partial charge in [0.05, 0.1) is 6.61 Å². The van der Waals surface area contributed by atoms with Crippen molar-refractivity contribution in [1.82, 2.24) is 15.0 Å². The first-order chi connectivity index (χ1) is 11.3. The van der Waals surface area contributed by atoms with E-state index in [4.69, 9.17) is 4.74 Å². The molecule has 1 saturated heterocycles. The largest absolute Gasteiger partial charge is 0.462 e. The van der Waals surface area contributed by atoms with Crippen molar-refractivity contribution >= 4 is 11.8 Å². The number of nitrogens with zero attached hydrogens (tertiary/aromatic N) is 4. The minimum absolute atomic E-state index is 0.334. The molecule has 1 aliphatic heterocycles. The van der Waals surface area contributed by atoms with Crippen molar-refractivity contribution in [2.75, 3.05) is 24.6 Å². The fourth-order valence-electron chi connectivity index (χ4n) is 2.69. The number of hydrogen-bond acceptors (Lipinski definition) is 6. The van der Waals surface area contributed by atoms with Crippen LogP contribution in [0.1, 0.15) is 36.5 Å². The molecule has 0 aliphatic carbocycles. The minimum Gasteiger partial charge on any atom is -0.462 e. The lowest BCUT2D eigenvalue weighted by Gasteiger charge is -2.29. The van der Waals surface area contributed by atoms with Crippen LogP contribution in [-0.4, -0.2) is 40.6 Å². The number of rotatable bonds is 4. The highest BCUT2D eigenvalue weighted by atomic mass is 16.5. The Bertz CT molecular complexity index is 670. The fraction of sp³-hybridized carbons (Fsp3) is 0.412. The highest BCUT2D eigenvalue weighted by Gasteiger charge is 2.22. The van der Waals surface area contributed by atoms with Crippen molar-refractivity contribution in [2.45, 2.75) is 26.2 Å². The predicted octanol–water partition coefficient (Wildman–Crippen LogP) is 2.71. The second-order valence-electron chi connectivity index (χ2n) is 5.41. The summed E-state index contributed by atoms with van der Waals surface area (Å²) >= 11 is 0. The fourth-order valence-corrected chi connectivity index (χ4v) is 2.69. The predicted molar refractivity (Wildman–Crippen MR) is 87.3 cm³/mol. The van der Waals surface area contributed by atoms with E-state index in [0.717, 1.165) is 25.9 Å². The van der Waals surface area contributed by atoms with Gasteiger partial charge in [-0.3, -0.25) is 4.98 Å². The lowest BCUT2D eigenvalue weighted by Crippen LogP contribution is -2.32. The summed E-state index contributed by atoms with van der Waals surface area (Å²) in [6.07, 6.45) is 6.68. The van der Waals surface area contributed by atoms with Gasteiger partial charge >= 0.3 is 5.97 Å². The van der Waals surface area contributed by atoms with Crippen LogP contribution < -0.4 is 4.90 Å². The van der Waals surface area contributed by atoms with Crippen molar-refractivity contribution in [3.63, 3.8) is 0 Å². The zero-order chi connectivity index (χ0) is 16.1. The molecule has 0 spiro atoms. The molecule has 2 aromatic rings. The molecule has 0 atom stereocenters. The molecule has 0 amide bonds. The Hall–Kier alpha value is -2.50. The normalized spacial score (nSPS) is 14.6. The first-order valence-corrected chi connectivity index (χ1v) is 8.00. The number of hydrogen-bond donors (Lipinski definition) is 0. The Balaban J connectivity index is 2.01. The summed E-state index contributed by atoms with van der Waals surface area (Å²) in [4.78, 5) is 27.6. The highest BCUT2D eigenvalue weighted by molar-refractivity contribution is 5.94. The standard InChI is InChI=1S/C17H20N4O2/c1-2-23-17(22)13-12-19-15(14-8-4-5-9-18-14)20-16(13)21-10-6-3-7-11-21/h4-5,8-9,12H,2-3,6-7,10-11H2,1H3. The van der Waals surface area contributed by atoms with Gasteiger partial charge in [-0.15, -0.1) is 0 Å². The molecule has 2 aromatic heterocycles. The van der Waals surface area contributed by atoms with Crippen LogP contribution in [0.25, 0.3) is 11.5 Å². The van der Waals surface area contributed by atoms with Crippen LogP contribution in [0.15, 0.2) is 30.6 Å². The van der Waals surface area contributed by atoms with Crippen LogP contribution in [0, 0.1) is 0 Å². The van der Waals surface area contributed by atoms with Gasteiger partial charge < -0.3 is 9.64 Å². The Morgan fingerprint density at radius 1 is 1.22 bits per heavy atom. The van der Waals surface area contributed by atoms with Crippen LogP contribution in [0.3, 0.4) is 0 Å². The molecule has 0 radical (unpaired) electrons. The first-order valence-electron chi connectivity index (χ1n) is 8.00. The van der Waals surface area contributed by atoms with E-state index < -0.39 is 0 Å². The lowest BCUT2D eigenvalue weighted by molar-refractivity contribution is 0.0526. The number of pyridine rings is 1.